The molecule has 21 heavy (non-hydrogen) atoms. The van der Waals surface area contributed by atoms with Gasteiger partial charge >= 0.3 is 0 Å². The lowest BCUT2D eigenvalue weighted by atomic mass is 10.1. The summed E-state index contributed by atoms with van der Waals surface area (Å²) in [6.07, 6.45) is 4.45. The van der Waals surface area contributed by atoms with Crippen molar-refractivity contribution in [2.45, 2.75) is 72.9 Å². The van der Waals surface area contributed by atoms with Gasteiger partial charge in [0.15, 0.2) is 0 Å². The number of hydrogen-bond acceptors (Lipinski definition) is 3. The first-order chi connectivity index (χ1) is 10.0. The molecule has 0 atom stereocenters. The lowest BCUT2D eigenvalue weighted by Gasteiger charge is -2.33. The molecule has 0 amide bonds. The maximum atomic E-state index is 5.88. The second-order valence-corrected chi connectivity index (χ2v) is 6.30. The highest BCUT2D eigenvalue weighted by Gasteiger charge is 2.19. The van der Waals surface area contributed by atoms with E-state index in [0.717, 1.165) is 38.0 Å². The van der Waals surface area contributed by atoms with Crippen LogP contribution in [-0.2, 0) is 13.0 Å². The van der Waals surface area contributed by atoms with Crippen molar-refractivity contribution in [2.24, 2.45) is 11.7 Å². The molecule has 0 aliphatic heterocycles. The molecular weight excluding hydrogens is 258 g/mol. The third-order valence-electron chi connectivity index (χ3n) is 3.91. The highest BCUT2D eigenvalue weighted by molar-refractivity contribution is 5.44. The Labute approximate surface area is 130 Å². The Morgan fingerprint density at radius 1 is 1.14 bits per heavy atom. The first-order valence-corrected chi connectivity index (χ1v) is 8.52. The summed E-state index contributed by atoms with van der Waals surface area (Å²) in [6.45, 7) is 12.9. The van der Waals surface area contributed by atoms with Crippen LogP contribution in [0.1, 0.15) is 65.1 Å². The van der Waals surface area contributed by atoms with E-state index in [9.17, 15) is 0 Å². The van der Waals surface area contributed by atoms with Gasteiger partial charge in [-0.25, -0.2) is 4.98 Å². The van der Waals surface area contributed by atoms with Crippen LogP contribution in [0.15, 0.2) is 12.1 Å². The molecule has 0 saturated heterocycles. The fraction of sp³-hybridized carbons (Fsp3) is 0.722. The number of anilines is 1. The van der Waals surface area contributed by atoms with Crippen molar-refractivity contribution in [3.63, 3.8) is 0 Å². The van der Waals surface area contributed by atoms with Crippen LogP contribution in [0.25, 0.3) is 0 Å². The first kappa shape index (κ1) is 18.0. The largest absolute Gasteiger partial charge is 0.353 e. The molecule has 0 aromatic carbocycles. The summed E-state index contributed by atoms with van der Waals surface area (Å²) >= 11 is 0. The Morgan fingerprint density at radius 3 is 2.29 bits per heavy atom. The molecule has 0 fully saturated rings. The molecule has 0 aliphatic rings. The van der Waals surface area contributed by atoms with Gasteiger partial charge in [0.25, 0.3) is 0 Å². The van der Waals surface area contributed by atoms with Crippen molar-refractivity contribution in [1.82, 2.24) is 4.98 Å². The Bertz CT molecular complexity index is 411. The van der Waals surface area contributed by atoms with E-state index in [4.69, 9.17) is 10.7 Å². The van der Waals surface area contributed by atoms with E-state index in [1.165, 1.54) is 11.3 Å². The SMILES string of the molecule is CCCc1cc(CN)cc(N(CC(C)C)C(CC)CC)n1. The van der Waals surface area contributed by atoms with Crippen LogP contribution in [0.5, 0.6) is 0 Å². The predicted octanol–water partition coefficient (Wildman–Crippen LogP) is 4.14. The number of nitrogens with two attached hydrogens (primary N) is 1. The molecule has 120 valence electrons. The van der Waals surface area contributed by atoms with E-state index in [0.29, 0.717) is 18.5 Å². The van der Waals surface area contributed by atoms with Gasteiger partial charge in [-0.3, -0.25) is 0 Å². The van der Waals surface area contributed by atoms with Crippen molar-refractivity contribution in [1.29, 1.82) is 0 Å². The van der Waals surface area contributed by atoms with Gasteiger partial charge in [0, 0.05) is 24.8 Å². The molecule has 0 aliphatic carbocycles. The minimum Gasteiger partial charge on any atom is -0.353 e. The summed E-state index contributed by atoms with van der Waals surface area (Å²) < 4.78 is 0. The molecule has 3 heteroatoms. The number of aromatic nitrogens is 1. The number of hydrogen-bond donors (Lipinski definition) is 1. The molecule has 0 spiro atoms. The monoisotopic (exact) mass is 291 g/mol. The summed E-state index contributed by atoms with van der Waals surface area (Å²) in [6, 6.07) is 4.90. The highest BCUT2D eigenvalue weighted by atomic mass is 15.2. The van der Waals surface area contributed by atoms with Gasteiger partial charge in [-0.1, -0.05) is 41.0 Å². The van der Waals surface area contributed by atoms with Crippen molar-refractivity contribution in [2.75, 3.05) is 11.4 Å². The molecule has 0 bridgehead atoms. The van der Waals surface area contributed by atoms with Gasteiger partial charge < -0.3 is 10.6 Å². The maximum Gasteiger partial charge on any atom is 0.129 e. The fourth-order valence-corrected chi connectivity index (χ4v) is 2.83. The van der Waals surface area contributed by atoms with E-state index < -0.39 is 0 Å². The minimum absolute atomic E-state index is 0.558. The third kappa shape index (κ3) is 5.31. The topological polar surface area (TPSA) is 42.1 Å². The van der Waals surface area contributed by atoms with E-state index in [-0.39, 0.29) is 0 Å². The summed E-state index contributed by atoms with van der Waals surface area (Å²) in [4.78, 5) is 7.40. The number of aryl methyl sites for hydroxylation is 1. The zero-order valence-electron chi connectivity index (χ0n) is 14.5. The second-order valence-electron chi connectivity index (χ2n) is 6.30. The van der Waals surface area contributed by atoms with Crippen LogP contribution >= 0.6 is 0 Å². The Morgan fingerprint density at radius 2 is 1.81 bits per heavy atom. The van der Waals surface area contributed by atoms with Crippen LogP contribution in [0.4, 0.5) is 5.82 Å². The molecule has 1 aromatic heterocycles. The summed E-state index contributed by atoms with van der Waals surface area (Å²) in [7, 11) is 0. The zero-order valence-corrected chi connectivity index (χ0v) is 14.5. The highest BCUT2D eigenvalue weighted by Crippen LogP contribution is 2.22. The maximum absolute atomic E-state index is 5.88. The lowest BCUT2D eigenvalue weighted by molar-refractivity contribution is 0.502. The molecule has 2 N–H and O–H groups in total. The molecule has 1 heterocycles. The van der Waals surface area contributed by atoms with E-state index in [1.807, 2.05) is 0 Å². The zero-order chi connectivity index (χ0) is 15.8. The van der Waals surface area contributed by atoms with Crippen LogP contribution in [0.2, 0.25) is 0 Å². The van der Waals surface area contributed by atoms with Crippen molar-refractivity contribution in [3.8, 4) is 0 Å². The molecule has 3 nitrogen and oxygen atoms in total. The van der Waals surface area contributed by atoms with E-state index >= 15 is 0 Å². The smallest absolute Gasteiger partial charge is 0.129 e. The minimum atomic E-state index is 0.558. The van der Waals surface area contributed by atoms with E-state index in [2.05, 4.69) is 51.7 Å². The van der Waals surface area contributed by atoms with Crippen molar-refractivity contribution >= 4 is 5.82 Å². The van der Waals surface area contributed by atoms with Crippen molar-refractivity contribution < 1.29 is 0 Å². The van der Waals surface area contributed by atoms with Crippen LogP contribution in [-0.4, -0.2) is 17.6 Å². The van der Waals surface area contributed by atoms with E-state index in [1.54, 1.807) is 0 Å². The Hall–Kier alpha value is -1.09. The average Bonchev–Trinajstić information content (AvgIpc) is 2.47. The lowest BCUT2D eigenvalue weighted by Crippen LogP contribution is -2.38. The fourth-order valence-electron chi connectivity index (χ4n) is 2.83. The van der Waals surface area contributed by atoms with Crippen LogP contribution < -0.4 is 10.6 Å². The second kappa shape index (κ2) is 9.04. The van der Waals surface area contributed by atoms with Gasteiger partial charge in [-0.2, -0.15) is 0 Å². The normalized spacial score (nSPS) is 11.4. The Balaban J connectivity index is 3.17. The summed E-state index contributed by atoms with van der Waals surface area (Å²) in [5.74, 6) is 1.74. The molecule has 1 aromatic rings. The van der Waals surface area contributed by atoms with Gasteiger partial charge in [0.1, 0.15) is 5.82 Å². The van der Waals surface area contributed by atoms with Crippen LogP contribution in [0, 0.1) is 5.92 Å². The molecule has 1 rings (SSSR count). The summed E-state index contributed by atoms with van der Waals surface area (Å²) in [5.41, 5.74) is 8.25. The molecular formula is C18H33N3. The average molecular weight is 291 g/mol. The standard InChI is InChI=1S/C18H33N3/c1-6-9-16-10-15(12-19)11-18(20-16)21(13-14(4)5)17(7-2)8-3/h10-11,14,17H,6-9,12-13,19H2,1-5H3. The quantitative estimate of drug-likeness (QED) is 0.743. The van der Waals surface area contributed by atoms with Gasteiger partial charge in [-0.15, -0.1) is 0 Å². The van der Waals surface area contributed by atoms with Crippen LogP contribution in [0.3, 0.4) is 0 Å². The van der Waals surface area contributed by atoms with Gasteiger partial charge in [0.05, 0.1) is 0 Å². The Kier molecular flexibility index (Phi) is 7.73. The van der Waals surface area contributed by atoms with Gasteiger partial charge in [-0.05, 0) is 42.9 Å². The number of pyridine rings is 1. The first-order valence-electron chi connectivity index (χ1n) is 8.52. The van der Waals surface area contributed by atoms with Crippen molar-refractivity contribution in [3.05, 3.63) is 23.4 Å². The summed E-state index contributed by atoms with van der Waals surface area (Å²) in [5, 5.41) is 0. The third-order valence-corrected chi connectivity index (χ3v) is 3.91. The molecule has 0 saturated carbocycles. The van der Waals surface area contributed by atoms with Gasteiger partial charge in [0.2, 0.25) is 0 Å². The number of nitrogens with zero attached hydrogens (tertiary/aromatic N) is 2. The predicted molar refractivity (Wildman–Crippen MR) is 92.7 cm³/mol. The number of rotatable bonds is 9. The molecule has 0 radical (unpaired) electrons. The molecule has 0 unspecified atom stereocenters.